The van der Waals surface area contributed by atoms with E-state index < -0.39 is 0 Å². The van der Waals surface area contributed by atoms with Crippen LogP contribution in [0, 0.1) is 10.8 Å². The van der Waals surface area contributed by atoms with Gasteiger partial charge < -0.3 is 0 Å². The van der Waals surface area contributed by atoms with Crippen LogP contribution in [0.3, 0.4) is 0 Å². The molecule has 0 bridgehead atoms. The van der Waals surface area contributed by atoms with E-state index in [2.05, 4.69) is 22.9 Å². The van der Waals surface area contributed by atoms with E-state index in [1.54, 1.807) is 22.7 Å². The highest BCUT2D eigenvalue weighted by molar-refractivity contribution is 7.18. The van der Waals surface area contributed by atoms with Gasteiger partial charge in [-0.1, -0.05) is 0 Å². The van der Waals surface area contributed by atoms with Crippen molar-refractivity contribution in [2.75, 3.05) is 0 Å². The van der Waals surface area contributed by atoms with Crippen LogP contribution in [0.2, 0.25) is 0 Å². The minimum atomic E-state index is 1.29. The maximum Gasteiger partial charge on any atom is 0.0455 e. The van der Waals surface area contributed by atoms with Gasteiger partial charge >= 0.3 is 0 Å². The maximum atomic E-state index is 3.14. The van der Waals surface area contributed by atoms with Crippen LogP contribution in [0.15, 0.2) is 24.3 Å². The molecule has 56 valence electrons. The Balaban J connectivity index is 2.62. The molecular weight excluding hydrogens is 184 g/mol. The second-order valence-corrected chi connectivity index (χ2v) is 4.42. The van der Waals surface area contributed by atoms with Gasteiger partial charge in [-0.25, -0.2) is 0 Å². The average molecular weight is 188 g/mol. The van der Waals surface area contributed by atoms with Crippen molar-refractivity contribution in [2.45, 2.75) is 0 Å². The zero-order chi connectivity index (χ0) is 7.97. The molecule has 0 aliphatic carbocycles. The number of benzene rings is 1. The first kappa shape index (κ1) is 6.63. The second kappa shape index (κ2) is 2.31. The van der Waals surface area contributed by atoms with Gasteiger partial charge in [-0.3, -0.25) is 0 Å². The standard InChI is InChI=1S/C10H4S2/c1-3-11-9-6-8-2-4-12-10(8)5-7(1)9/h1-2,5-6H. The summed E-state index contributed by atoms with van der Waals surface area (Å²) in [7, 11) is 0. The highest BCUT2D eigenvalue weighted by Crippen LogP contribution is 2.28. The molecule has 0 N–H and O–H groups in total. The van der Waals surface area contributed by atoms with Gasteiger partial charge in [0.05, 0.1) is 0 Å². The predicted molar refractivity (Wildman–Crippen MR) is 54.9 cm³/mol. The fraction of sp³-hybridized carbons (Fsp3) is 0. The van der Waals surface area contributed by atoms with Crippen molar-refractivity contribution < 1.29 is 0 Å². The van der Waals surface area contributed by atoms with Crippen LogP contribution >= 0.6 is 22.7 Å². The SMILES string of the molecule is [c]1cc2cc3s[c]cc3cc2s1. The van der Waals surface area contributed by atoms with E-state index >= 15 is 0 Å². The fourth-order valence-electron chi connectivity index (χ4n) is 1.31. The lowest BCUT2D eigenvalue weighted by molar-refractivity contribution is 2.03. The summed E-state index contributed by atoms with van der Waals surface area (Å²) >= 11 is 3.34. The van der Waals surface area contributed by atoms with Crippen LogP contribution < -0.4 is 0 Å². The summed E-state index contributed by atoms with van der Waals surface area (Å²) in [6, 6.07) is 8.50. The summed E-state index contributed by atoms with van der Waals surface area (Å²) in [5.41, 5.74) is 0. The Labute approximate surface area is 78.1 Å². The number of thiophene rings is 2. The Morgan fingerprint density at radius 2 is 1.33 bits per heavy atom. The summed E-state index contributed by atoms with van der Waals surface area (Å²) < 4.78 is 2.63. The maximum absolute atomic E-state index is 3.14. The number of fused-ring (bicyclic) bond motifs is 2. The lowest BCUT2D eigenvalue weighted by Gasteiger charge is -1.89. The van der Waals surface area contributed by atoms with E-state index in [0.29, 0.717) is 0 Å². The van der Waals surface area contributed by atoms with E-state index in [4.69, 9.17) is 0 Å². The molecule has 0 saturated carbocycles. The van der Waals surface area contributed by atoms with Crippen LogP contribution in [0.5, 0.6) is 0 Å². The zero-order valence-electron chi connectivity index (χ0n) is 6.13. The Morgan fingerprint density at radius 3 is 1.83 bits per heavy atom. The van der Waals surface area contributed by atoms with E-state index in [-0.39, 0.29) is 0 Å². The van der Waals surface area contributed by atoms with Gasteiger partial charge in [0.15, 0.2) is 0 Å². The summed E-state index contributed by atoms with van der Waals surface area (Å²) in [4.78, 5) is 0. The second-order valence-electron chi connectivity index (χ2n) is 2.66. The van der Waals surface area contributed by atoms with Crippen LogP contribution in [0.25, 0.3) is 20.2 Å². The molecule has 2 aromatic heterocycles. The molecule has 3 aromatic rings. The number of hydrogen-bond donors (Lipinski definition) is 0. The van der Waals surface area contributed by atoms with Crippen LogP contribution in [-0.2, 0) is 0 Å². The first-order chi connectivity index (χ1) is 5.93. The molecule has 2 radical (unpaired) electrons. The lowest BCUT2D eigenvalue weighted by atomic mass is 10.2. The van der Waals surface area contributed by atoms with Crippen molar-refractivity contribution in [2.24, 2.45) is 0 Å². The minimum absolute atomic E-state index is 1.29. The van der Waals surface area contributed by atoms with Crippen molar-refractivity contribution in [3.63, 3.8) is 0 Å². The monoisotopic (exact) mass is 188 g/mol. The summed E-state index contributed by atoms with van der Waals surface area (Å²) in [5, 5.41) is 8.87. The third-order valence-electron chi connectivity index (χ3n) is 1.91. The molecule has 1 aromatic carbocycles. The van der Waals surface area contributed by atoms with Gasteiger partial charge in [0, 0.05) is 20.2 Å². The summed E-state index contributed by atoms with van der Waals surface area (Å²) in [6.45, 7) is 0. The Hall–Kier alpha value is -0.860. The van der Waals surface area contributed by atoms with E-state index in [0.717, 1.165) is 0 Å². The molecule has 2 heterocycles. The Morgan fingerprint density at radius 1 is 0.833 bits per heavy atom. The van der Waals surface area contributed by atoms with Crippen molar-refractivity contribution in [3.05, 3.63) is 35.0 Å². The topological polar surface area (TPSA) is 0 Å². The molecule has 0 amide bonds. The third kappa shape index (κ3) is 0.822. The van der Waals surface area contributed by atoms with Gasteiger partial charge in [-0.05, 0) is 35.0 Å². The van der Waals surface area contributed by atoms with Gasteiger partial charge in [0.25, 0.3) is 0 Å². The van der Waals surface area contributed by atoms with Crippen molar-refractivity contribution >= 4 is 42.8 Å². The molecule has 0 aliphatic heterocycles. The first-order valence-electron chi connectivity index (χ1n) is 3.63. The predicted octanol–water partition coefficient (Wildman–Crippen LogP) is 3.72. The van der Waals surface area contributed by atoms with Crippen molar-refractivity contribution in [1.82, 2.24) is 0 Å². The fourth-order valence-corrected chi connectivity index (χ4v) is 2.78. The largest absolute Gasteiger partial charge is 0.134 e. The molecule has 0 saturated heterocycles. The van der Waals surface area contributed by atoms with E-state index in [1.165, 1.54) is 20.2 Å². The summed E-state index contributed by atoms with van der Waals surface area (Å²) in [5.74, 6) is 0. The molecule has 0 atom stereocenters. The molecule has 2 heteroatoms. The highest BCUT2D eigenvalue weighted by Gasteiger charge is 1.99. The third-order valence-corrected chi connectivity index (χ3v) is 3.53. The minimum Gasteiger partial charge on any atom is -0.134 e. The molecule has 0 nitrogen and oxygen atoms in total. The van der Waals surface area contributed by atoms with Gasteiger partial charge in [-0.2, -0.15) is 0 Å². The zero-order valence-corrected chi connectivity index (χ0v) is 7.76. The molecule has 3 rings (SSSR count). The number of hydrogen-bond acceptors (Lipinski definition) is 2. The van der Waals surface area contributed by atoms with Crippen LogP contribution in [0.4, 0.5) is 0 Å². The van der Waals surface area contributed by atoms with Crippen LogP contribution in [0.1, 0.15) is 0 Å². The Kier molecular flexibility index (Phi) is 1.28. The van der Waals surface area contributed by atoms with Gasteiger partial charge in [-0.15, -0.1) is 22.7 Å². The molecule has 0 aliphatic rings. The van der Waals surface area contributed by atoms with Crippen molar-refractivity contribution in [3.8, 4) is 0 Å². The quantitative estimate of drug-likeness (QED) is 0.504. The molecule has 0 fully saturated rings. The summed E-state index contributed by atoms with van der Waals surface area (Å²) in [6.07, 6.45) is 0. The molecule has 0 unspecified atom stereocenters. The average Bonchev–Trinajstić information content (AvgIpc) is 2.64. The highest BCUT2D eigenvalue weighted by atomic mass is 32.1. The van der Waals surface area contributed by atoms with E-state index in [1.807, 2.05) is 12.1 Å². The molecule has 0 spiro atoms. The normalized spacial score (nSPS) is 11.3. The van der Waals surface area contributed by atoms with Crippen LogP contribution in [-0.4, -0.2) is 0 Å². The first-order valence-corrected chi connectivity index (χ1v) is 5.26. The lowest BCUT2D eigenvalue weighted by Crippen LogP contribution is -1.61. The number of rotatable bonds is 0. The van der Waals surface area contributed by atoms with Gasteiger partial charge in [0.2, 0.25) is 0 Å². The van der Waals surface area contributed by atoms with E-state index in [9.17, 15) is 0 Å². The van der Waals surface area contributed by atoms with Crippen molar-refractivity contribution in [1.29, 1.82) is 0 Å². The molecule has 12 heavy (non-hydrogen) atoms. The van der Waals surface area contributed by atoms with Gasteiger partial charge in [0.1, 0.15) is 0 Å². The smallest absolute Gasteiger partial charge is 0.0455 e. The Bertz CT molecular complexity index is 440. The molecular formula is C10H4S2.